The molecule has 144 valence electrons. The number of carbonyl (C=O) groups is 1. The Hall–Kier alpha value is -1.67. The van der Waals surface area contributed by atoms with Crippen molar-refractivity contribution in [2.24, 2.45) is 5.73 Å². The molecule has 6 nitrogen and oxygen atoms in total. The van der Waals surface area contributed by atoms with E-state index in [4.69, 9.17) is 10.5 Å². The summed E-state index contributed by atoms with van der Waals surface area (Å²) in [6.45, 7) is 0.856. The molecular weight excluding hydrogens is 382 g/mol. The van der Waals surface area contributed by atoms with Gasteiger partial charge < -0.3 is 20.4 Å². The first-order valence-corrected chi connectivity index (χ1v) is 7.96. The van der Waals surface area contributed by atoms with Gasteiger partial charge in [-0.15, -0.1) is 24.8 Å². The third-order valence-corrected chi connectivity index (χ3v) is 4.27. The van der Waals surface area contributed by atoms with Crippen molar-refractivity contribution in [2.45, 2.75) is 24.9 Å². The van der Waals surface area contributed by atoms with E-state index in [0.29, 0.717) is 6.54 Å². The van der Waals surface area contributed by atoms with Gasteiger partial charge in [0.05, 0.1) is 24.5 Å². The topological polar surface area (TPSA) is 84.2 Å². The van der Waals surface area contributed by atoms with Crippen LogP contribution in [0.5, 0.6) is 0 Å². The maximum absolute atomic E-state index is 13.0. The van der Waals surface area contributed by atoms with Crippen molar-refractivity contribution >= 4 is 30.7 Å². The van der Waals surface area contributed by atoms with E-state index in [1.807, 2.05) is 0 Å². The van der Waals surface area contributed by atoms with Gasteiger partial charge in [-0.05, 0) is 42.7 Å². The van der Waals surface area contributed by atoms with Gasteiger partial charge in [-0.2, -0.15) is 0 Å². The fourth-order valence-corrected chi connectivity index (χ4v) is 3.06. The molecule has 2 atom stereocenters. The van der Waals surface area contributed by atoms with Crippen LogP contribution in [0.4, 0.5) is 4.39 Å². The summed E-state index contributed by atoms with van der Waals surface area (Å²) < 4.78 is 18.0. The van der Waals surface area contributed by atoms with Crippen molar-refractivity contribution in [1.29, 1.82) is 0 Å². The van der Waals surface area contributed by atoms with E-state index in [0.717, 1.165) is 29.9 Å². The van der Waals surface area contributed by atoms with Crippen LogP contribution in [0.3, 0.4) is 0 Å². The number of nitrogens with two attached hydrogens (primary N) is 1. The van der Waals surface area contributed by atoms with Gasteiger partial charge in [-0.3, -0.25) is 4.79 Å². The van der Waals surface area contributed by atoms with Crippen LogP contribution < -0.4 is 5.73 Å². The minimum atomic E-state index is -0.665. The fourth-order valence-electron chi connectivity index (χ4n) is 3.06. The summed E-state index contributed by atoms with van der Waals surface area (Å²) in [5.74, 6) is 0.321. The van der Waals surface area contributed by atoms with Crippen molar-refractivity contribution < 1.29 is 13.9 Å². The lowest BCUT2D eigenvalue weighted by molar-refractivity contribution is -0.134. The zero-order valence-corrected chi connectivity index (χ0v) is 16.0. The molecule has 1 aliphatic heterocycles. The number of hydrogen-bond acceptors (Lipinski definition) is 4. The number of hydrogen-bond donors (Lipinski definition) is 2. The molecule has 2 aromatic rings. The maximum Gasteiger partial charge on any atom is 0.242 e. The molecule has 0 aliphatic carbocycles. The number of imidazole rings is 1. The Kier molecular flexibility index (Phi) is 8.49. The number of carbonyl (C=O) groups excluding carboxylic acids is 1. The van der Waals surface area contributed by atoms with Crippen LogP contribution in [0.15, 0.2) is 30.5 Å². The summed E-state index contributed by atoms with van der Waals surface area (Å²) in [5, 5.41) is 0. The summed E-state index contributed by atoms with van der Waals surface area (Å²) in [6, 6.07) is 5.42. The smallest absolute Gasteiger partial charge is 0.242 e. The standard InChI is InChI=1S/C17H21FN4O2.2ClH/c1-24-10-13(19)17(23)22-8-2-3-15(22)16-20-9-14(21-16)11-4-6-12(18)7-5-11;;/h4-7,9,13,15H,2-3,8,10,19H2,1H3,(H,20,21);2*1H. The molecule has 0 saturated carbocycles. The summed E-state index contributed by atoms with van der Waals surface area (Å²) >= 11 is 0. The largest absolute Gasteiger partial charge is 0.383 e. The van der Waals surface area contributed by atoms with Crippen molar-refractivity contribution in [3.05, 3.63) is 42.1 Å². The highest BCUT2D eigenvalue weighted by molar-refractivity contribution is 5.85. The zero-order chi connectivity index (χ0) is 17.1. The summed E-state index contributed by atoms with van der Waals surface area (Å²) in [4.78, 5) is 21.9. The number of halogens is 3. The molecular formula is C17H23Cl2FN4O2. The Morgan fingerprint density at radius 3 is 2.77 bits per heavy atom. The van der Waals surface area contributed by atoms with E-state index < -0.39 is 6.04 Å². The second kappa shape index (κ2) is 9.87. The van der Waals surface area contributed by atoms with Gasteiger partial charge in [0, 0.05) is 13.7 Å². The highest BCUT2D eigenvalue weighted by Gasteiger charge is 2.34. The number of aromatic nitrogens is 2. The van der Waals surface area contributed by atoms with Gasteiger partial charge in [-0.25, -0.2) is 9.37 Å². The second-order valence-corrected chi connectivity index (χ2v) is 5.94. The van der Waals surface area contributed by atoms with Crippen LogP contribution in [0.2, 0.25) is 0 Å². The van der Waals surface area contributed by atoms with Crippen LogP contribution in [0.25, 0.3) is 11.3 Å². The van der Waals surface area contributed by atoms with Gasteiger partial charge in [0.25, 0.3) is 0 Å². The highest BCUT2D eigenvalue weighted by Crippen LogP contribution is 2.31. The summed E-state index contributed by atoms with van der Waals surface area (Å²) in [7, 11) is 1.52. The Morgan fingerprint density at radius 2 is 2.12 bits per heavy atom. The molecule has 3 rings (SSSR count). The van der Waals surface area contributed by atoms with Gasteiger partial charge in [0.2, 0.25) is 5.91 Å². The van der Waals surface area contributed by atoms with Crippen LogP contribution in [0.1, 0.15) is 24.7 Å². The first kappa shape index (κ1) is 22.4. The highest BCUT2D eigenvalue weighted by atomic mass is 35.5. The molecule has 0 radical (unpaired) electrons. The molecule has 0 bridgehead atoms. The van der Waals surface area contributed by atoms with Crippen molar-refractivity contribution in [1.82, 2.24) is 14.9 Å². The third kappa shape index (κ3) is 4.73. The number of aromatic amines is 1. The van der Waals surface area contributed by atoms with Crippen LogP contribution in [-0.4, -0.2) is 47.1 Å². The van der Waals surface area contributed by atoms with Crippen molar-refractivity contribution in [2.75, 3.05) is 20.3 Å². The number of amides is 1. The van der Waals surface area contributed by atoms with Crippen molar-refractivity contribution in [3.63, 3.8) is 0 Å². The molecule has 1 aliphatic rings. The quantitative estimate of drug-likeness (QED) is 0.801. The van der Waals surface area contributed by atoms with Gasteiger partial charge in [0.15, 0.2) is 0 Å². The first-order chi connectivity index (χ1) is 11.6. The predicted molar refractivity (Wildman–Crippen MR) is 102 cm³/mol. The van der Waals surface area contributed by atoms with Crippen LogP contribution in [-0.2, 0) is 9.53 Å². The molecule has 2 unspecified atom stereocenters. The number of nitrogens with one attached hydrogen (secondary N) is 1. The molecule has 1 aromatic heterocycles. The molecule has 1 amide bonds. The lowest BCUT2D eigenvalue weighted by atomic mass is 10.1. The monoisotopic (exact) mass is 404 g/mol. The van der Waals surface area contributed by atoms with Gasteiger partial charge in [0.1, 0.15) is 17.7 Å². The molecule has 1 saturated heterocycles. The number of benzene rings is 1. The fraction of sp³-hybridized carbons (Fsp3) is 0.412. The van der Waals surface area contributed by atoms with Gasteiger partial charge in [-0.1, -0.05) is 0 Å². The third-order valence-electron chi connectivity index (χ3n) is 4.27. The molecule has 9 heteroatoms. The van der Waals surface area contributed by atoms with Crippen LogP contribution >= 0.6 is 24.8 Å². The van der Waals surface area contributed by atoms with E-state index in [1.165, 1.54) is 19.2 Å². The average molecular weight is 405 g/mol. The zero-order valence-electron chi connectivity index (χ0n) is 14.4. The summed E-state index contributed by atoms with van der Waals surface area (Å²) in [5.41, 5.74) is 7.52. The normalized spacial score (nSPS) is 17.3. The second-order valence-electron chi connectivity index (χ2n) is 5.94. The van der Waals surface area contributed by atoms with Gasteiger partial charge >= 0.3 is 0 Å². The van der Waals surface area contributed by atoms with E-state index >= 15 is 0 Å². The predicted octanol–water partition coefficient (Wildman–Crippen LogP) is 2.70. The minimum Gasteiger partial charge on any atom is -0.383 e. The Balaban J connectivity index is 0.00000169. The molecule has 0 spiro atoms. The number of ether oxygens (including phenoxy) is 1. The molecule has 3 N–H and O–H groups in total. The van der Waals surface area contributed by atoms with E-state index in [9.17, 15) is 9.18 Å². The lowest BCUT2D eigenvalue weighted by Crippen LogP contribution is -2.45. The Bertz CT molecular complexity index is 711. The Morgan fingerprint density at radius 1 is 1.42 bits per heavy atom. The average Bonchev–Trinajstić information content (AvgIpc) is 3.24. The van der Waals surface area contributed by atoms with Crippen LogP contribution in [0, 0.1) is 5.82 Å². The minimum absolute atomic E-state index is 0. The Labute approximate surface area is 164 Å². The van der Waals surface area contributed by atoms with E-state index in [1.54, 1.807) is 23.2 Å². The molecule has 1 aromatic carbocycles. The number of nitrogens with zero attached hydrogens (tertiary/aromatic N) is 2. The first-order valence-electron chi connectivity index (χ1n) is 7.96. The van der Waals surface area contributed by atoms with Crippen molar-refractivity contribution in [3.8, 4) is 11.3 Å². The molecule has 26 heavy (non-hydrogen) atoms. The number of rotatable bonds is 5. The number of methoxy groups -OCH3 is 1. The molecule has 1 fully saturated rings. The lowest BCUT2D eigenvalue weighted by Gasteiger charge is -2.26. The number of H-pyrrole nitrogens is 1. The van der Waals surface area contributed by atoms with E-state index in [-0.39, 0.29) is 49.2 Å². The van der Waals surface area contributed by atoms with E-state index in [2.05, 4.69) is 9.97 Å². The number of likely N-dealkylation sites (tertiary alicyclic amines) is 1. The maximum atomic E-state index is 13.0. The summed E-state index contributed by atoms with van der Waals surface area (Å²) in [6.07, 6.45) is 3.45. The SMILES string of the molecule is COCC(N)C(=O)N1CCCC1c1ncc(-c2ccc(F)cc2)[nH]1.Cl.Cl. The molecule has 2 heterocycles.